The molecule has 2 N–H and O–H groups in total. The van der Waals surface area contributed by atoms with E-state index in [1.54, 1.807) is 0 Å². The zero-order valence-corrected chi connectivity index (χ0v) is 24.3. The monoisotopic (exact) mass is 567 g/mol. The van der Waals surface area contributed by atoms with E-state index in [9.17, 15) is 19.5 Å². The molecule has 1 aliphatic carbocycles. The molecule has 3 unspecified atom stereocenters. The van der Waals surface area contributed by atoms with Crippen LogP contribution in [0.2, 0.25) is 0 Å². The van der Waals surface area contributed by atoms with E-state index in [0.717, 1.165) is 19.3 Å². The first-order valence-corrected chi connectivity index (χ1v) is 14.9. The van der Waals surface area contributed by atoms with Crippen molar-refractivity contribution in [2.45, 2.75) is 128 Å². The Morgan fingerprint density at radius 2 is 1.80 bits per heavy atom. The van der Waals surface area contributed by atoms with Gasteiger partial charge in [-0.1, -0.05) is 13.8 Å². The molecule has 0 aromatic heterocycles. The number of aliphatic carboxylic acids is 1. The van der Waals surface area contributed by atoms with Crippen molar-refractivity contribution in [3.05, 3.63) is 0 Å². The number of carboxylic acid groups (broad SMARTS) is 1. The second-order valence-electron chi connectivity index (χ2n) is 13.4. The summed E-state index contributed by atoms with van der Waals surface area (Å²) in [4.78, 5) is 49.1. The van der Waals surface area contributed by atoms with Crippen molar-refractivity contribution in [1.29, 1.82) is 0 Å². The predicted octanol–water partition coefficient (Wildman–Crippen LogP) is 3.68. The van der Waals surface area contributed by atoms with Gasteiger partial charge in [-0.05, 0) is 70.6 Å². The van der Waals surface area contributed by atoms with Crippen LogP contribution in [-0.4, -0.2) is 65.2 Å². The molecule has 6 rings (SSSR count). The summed E-state index contributed by atoms with van der Waals surface area (Å²) in [6.07, 6.45) is 2.85. The Morgan fingerprint density at radius 3 is 2.52 bits per heavy atom. The molecule has 1 saturated carbocycles. The van der Waals surface area contributed by atoms with Gasteiger partial charge in [0.2, 0.25) is 18.0 Å². The topological polar surface area (TPSA) is 139 Å². The maximum absolute atomic E-state index is 12.9. The van der Waals surface area contributed by atoms with Gasteiger partial charge in [-0.25, -0.2) is 9.78 Å². The van der Waals surface area contributed by atoms with E-state index >= 15 is 0 Å². The Bertz CT molecular complexity index is 988. The van der Waals surface area contributed by atoms with Gasteiger partial charge in [0.05, 0.1) is 18.4 Å². The van der Waals surface area contributed by atoms with E-state index in [0.29, 0.717) is 31.8 Å². The lowest BCUT2D eigenvalue weighted by molar-refractivity contribution is -0.576. The van der Waals surface area contributed by atoms with E-state index in [4.69, 9.17) is 28.7 Å². The summed E-state index contributed by atoms with van der Waals surface area (Å²) >= 11 is 0. The highest BCUT2D eigenvalue weighted by atomic mass is 17.3. The number of fused-ring (bicyclic) bond motifs is 2. The van der Waals surface area contributed by atoms with Crippen molar-refractivity contribution < 1.29 is 48.2 Å². The molecule has 6 aliphatic rings. The third-order valence-electron chi connectivity index (χ3n) is 9.95. The molecule has 1 amide bonds. The summed E-state index contributed by atoms with van der Waals surface area (Å²) in [5, 5.41) is 12.3. The van der Waals surface area contributed by atoms with Crippen LogP contribution in [0, 0.1) is 29.6 Å². The zero-order chi connectivity index (χ0) is 28.9. The SMILES string of the molecule is C[C@H]1[C@H](OC(=O)CCC(=O)NC(CC(=O)O)C2CCOC(C)(C)C2)O[C@@H]2O[C@]3(C)CC[C@H]4[C@H](C)CC[C@@H]1C24OO3. The van der Waals surface area contributed by atoms with Gasteiger partial charge in [-0.2, -0.15) is 0 Å². The number of carboxylic acids is 1. The molecule has 226 valence electrons. The standard InChI is InChI=1S/C29H45NO10/c1-16-6-7-20-17(2)25(37-26-29(20)19(16)10-12-28(5,38-26)39-40-29)36-24(34)9-8-22(31)30-21(14-23(32)33)18-11-13-35-27(3,4)15-18/h16-21,25-26H,6-15H2,1-5H3,(H,30,31)(H,32,33)/t16-,17-,18?,19+,20+,21?,25-,26-,28+,29?/m1/s1. The largest absolute Gasteiger partial charge is 0.481 e. The van der Waals surface area contributed by atoms with Crippen LogP contribution in [0.25, 0.3) is 0 Å². The van der Waals surface area contributed by atoms with E-state index in [-0.39, 0.29) is 54.4 Å². The molecule has 11 heteroatoms. The summed E-state index contributed by atoms with van der Waals surface area (Å²) in [6, 6.07) is -0.532. The minimum Gasteiger partial charge on any atom is -0.481 e. The molecule has 5 saturated heterocycles. The highest BCUT2D eigenvalue weighted by molar-refractivity contribution is 5.82. The van der Waals surface area contributed by atoms with Crippen LogP contribution in [0.4, 0.5) is 0 Å². The number of nitrogens with one attached hydrogen (secondary N) is 1. The van der Waals surface area contributed by atoms with Gasteiger partial charge in [-0.15, -0.1) is 0 Å². The average Bonchev–Trinajstić information content (AvgIpc) is 3.10. The number of rotatable bonds is 8. The average molecular weight is 568 g/mol. The molecule has 40 heavy (non-hydrogen) atoms. The quantitative estimate of drug-likeness (QED) is 0.330. The third-order valence-corrected chi connectivity index (χ3v) is 9.95. The van der Waals surface area contributed by atoms with Gasteiger partial charge < -0.3 is 29.4 Å². The summed E-state index contributed by atoms with van der Waals surface area (Å²) < 4.78 is 24.1. The first-order chi connectivity index (χ1) is 18.8. The van der Waals surface area contributed by atoms with Crippen LogP contribution >= 0.6 is 0 Å². The van der Waals surface area contributed by atoms with Crippen LogP contribution in [-0.2, 0) is 43.1 Å². The first-order valence-electron chi connectivity index (χ1n) is 14.9. The van der Waals surface area contributed by atoms with E-state index in [1.165, 1.54) is 0 Å². The number of amides is 1. The number of esters is 1. The minimum atomic E-state index is -0.979. The summed E-state index contributed by atoms with van der Waals surface area (Å²) in [5.74, 6) is -2.34. The molecule has 10 atom stereocenters. The highest BCUT2D eigenvalue weighted by Gasteiger charge is 2.69. The summed E-state index contributed by atoms with van der Waals surface area (Å²) in [6.45, 7) is 10.5. The van der Waals surface area contributed by atoms with Crippen LogP contribution in [0.15, 0.2) is 0 Å². The van der Waals surface area contributed by atoms with Crippen molar-refractivity contribution in [2.75, 3.05) is 6.61 Å². The lowest BCUT2D eigenvalue weighted by Gasteiger charge is -2.59. The van der Waals surface area contributed by atoms with Gasteiger partial charge in [0.1, 0.15) is 0 Å². The van der Waals surface area contributed by atoms with Crippen LogP contribution < -0.4 is 5.32 Å². The second kappa shape index (κ2) is 11.1. The van der Waals surface area contributed by atoms with Crippen molar-refractivity contribution in [1.82, 2.24) is 5.32 Å². The molecule has 1 spiro atoms. The van der Waals surface area contributed by atoms with E-state index in [2.05, 4.69) is 12.2 Å². The molecular weight excluding hydrogens is 522 g/mol. The van der Waals surface area contributed by atoms with Crippen LogP contribution in [0.5, 0.6) is 0 Å². The molecule has 0 aromatic rings. The molecule has 6 fully saturated rings. The lowest BCUT2D eigenvalue weighted by Crippen LogP contribution is -2.70. The molecule has 5 aliphatic heterocycles. The minimum absolute atomic E-state index is 0.0236. The maximum Gasteiger partial charge on any atom is 0.308 e. The van der Waals surface area contributed by atoms with Crippen LogP contribution in [0.1, 0.15) is 92.4 Å². The Hall–Kier alpha value is -1.79. The van der Waals surface area contributed by atoms with Gasteiger partial charge in [-0.3, -0.25) is 14.4 Å². The molecule has 2 bridgehead atoms. The lowest BCUT2D eigenvalue weighted by atomic mass is 9.58. The van der Waals surface area contributed by atoms with Gasteiger partial charge in [0, 0.05) is 37.3 Å². The summed E-state index contributed by atoms with van der Waals surface area (Å²) in [5.41, 5.74) is -1.12. The Labute approximate surface area is 235 Å². The smallest absolute Gasteiger partial charge is 0.308 e. The predicted molar refractivity (Wildman–Crippen MR) is 139 cm³/mol. The number of ether oxygens (including phenoxy) is 4. The number of hydrogen-bond acceptors (Lipinski definition) is 9. The van der Waals surface area contributed by atoms with Gasteiger partial charge in [0.15, 0.2) is 11.9 Å². The van der Waals surface area contributed by atoms with E-state index < -0.39 is 41.9 Å². The van der Waals surface area contributed by atoms with Crippen molar-refractivity contribution >= 4 is 17.8 Å². The molecule has 11 nitrogen and oxygen atoms in total. The molecule has 0 aromatic carbocycles. The highest BCUT2D eigenvalue weighted by Crippen LogP contribution is 2.60. The second-order valence-corrected chi connectivity index (χ2v) is 13.4. The number of carbonyl (C=O) groups is 3. The van der Waals surface area contributed by atoms with Crippen molar-refractivity contribution in [3.8, 4) is 0 Å². The van der Waals surface area contributed by atoms with Crippen molar-refractivity contribution in [3.63, 3.8) is 0 Å². The zero-order valence-electron chi connectivity index (χ0n) is 24.3. The molecular formula is C29H45NO10. The van der Waals surface area contributed by atoms with Gasteiger partial charge >= 0.3 is 11.9 Å². The molecule has 0 radical (unpaired) electrons. The first kappa shape index (κ1) is 29.7. The van der Waals surface area contributed by atoms with E-state index in [1.807, 2.05) is 27.7 Å². The molecule has 5 heterocycles. The fourth-order valence-corrected chi connectivity index (χ4v) is 7.84. The number of carbonyl (C=O) groups excluding carboxylic acids is 2. The fourth-order valence-electron chi connectivity index (χ4n) is 7.84. The summed E-state index contributed by atoms with van der Waals surface area (Å²) in [7, 11) is 0. The number of hydrogen-bond donors (Lipinski definition) is 2. The van der Waals surface area contributed by atoms with Crippen LogP contribution in [0.3, 0.4) is 0 Å². The maximum atomic E-state index is 12.9. The van der Waals surface area contributed by atoms with Gasteiger partial charge in [0.25, 0.3) is 0 Å². The Balaban J connectivity index is 1.19. The Morgan fingerprint density at radius 1 is 1.02 bits per heavy atom. The fraction of sp³-hybridized carbons (Fsp3) is 0.897. The Kier molecular flexibility index (Phi) is 8.26. The normalized spacial score (nSPS) is 42.7. The third kappa shape index (κ3) is 5.77. The van der Waals surface area contributed by atoms with Crippen molar-refractivity contribution in [2.24, 2.45) is 29.6 Å².